The van der Waals surface area contributed by atoms with Crippen molar-refractivity contribution in [1.82, 2.24) is 20.0 Å². The average molecular weight is 532 g/mol. The number of carbonyl (C=O) groups is 1. The maximum atomic E-state index is 14.0. The molecular weight excluding hydrogens is 502 g/mol. The number of nitrogens with one attached hydrogen (secondary N) is 1. The van der Waals surface area contributed by atoms with Gasteiger partial charge in [-0.25, -0.2) is 22.3 Å². The lowest BCUT2D eigenvalue weighted by molar-refractivity contribution is -0.141. The number of carbonyl (C=O) groups excluding carboxylic acids is 1. The van der Waals surface area contributed by atoms with Gasteiger partial charge in [0.2, 0.25) is 0 Å². The van der Waals surface area contributed by atoms with Crippen LogP contribution >= 0.6 is 0 Å². The Hall–Kier alpha value is -2.67. The van der Waals surface area contributed by atoms with Gasteiger partial charge in [0.15, 0.2) is 5.69 Å². The first kappa shape index (κ1) is 26.4. The highest BCUT2D eigenvalue weighted by molar-refractivity contribution is 7.90. The van der Waals surface area contributed by atoms with E-state index in [-0.39, 0.29) is 24.7 Å². The molecule has 2 heterocycles. The summed E-state index contributed by atoms with van der Waals surface area (Å²) in [7, 11) is 0.364. The molecular formula is C23H29F4N5O3S. The lowest BCUT2D eigenvalue weighted by Gasteiger charge is -2.48. The van der Waals surface area contributed by atoms with E-state index < -0.39 is 44.6 Å². The van der Waals surface area contributed by atoms with Gasteiger partial charge in [0.1, 0.15) is 21.5 Å². The van der Waals surface area contributed by atoms with E-state index in [4.69, 9.17) is 0 Å². The predicted molar refractivity (Wildman–Crippen MR) is 126 cm³/mol. The second kappa shape index (κ2) is 9.02. The van der Waals surface area contributed by atoms with E-state index in [0.29, 0.717) is 25.7 Å². The number of alkyl halides is 3. The Morgan fingerprint density at radius 2 is 1.81 bits per heavy atom. The van der Waals surface area contributed by atoms with Gasteiger partial charge in [-0.05, 0) is 57.5 Å². The maximum absolute atomic E-state index is 14.0. The van der Waals surface area contributed by atoms with Gasteiger partial charge in [0, 0.05) is 17.9 Å². The van der Waals surface area contributed by atoms with Crippen molar-refractivity contribution in [3.05, 3.63) is 47.4 Å². The van der Waals surface area contributed by atoms with E-state index in [1.54, 1.807) is 6.07 Å². The van der Waals surface area contributed by atoms with Crippen molar-refractivity contribution in [2.75, 3.05) is 37.5 Å². The van der Waals surface area contributed by atoms with Crippen LogP contribution in [0.15, 0.2) is 30.3 Å². The fourth-order valence-corrected chi connectivity index (χ4v) is 5.77. The quantitative estimate of drug-likeness (QED) is 0.578. The number of aromatic nitrogens is 2. The van der Waals surface area contributed by atoms with E-state index in [2.05, 4.69) is 10.4 Å². The Morgan fingerprint density at radius 3 is 2.36 bits per heavy atom. The van der Waals surface area contributed by atoms with Crippen LogP contribution in [-0.4, -0.2) is 67.3 Å². The van der Waals surface area contributed by atoms with Crippen LogP contribution in [0.3, 0.4) is 0 Å². The number of rotatable bonds is 6. The largest absolute Gasteiger partial charge is 0.435 e. The number of sulfone groups is 1. The van der Waals surface area contributed by atoms with Crippen LogP contribution in [0.5, 0.6) is 0 Å². The van der Waals surface area contributed by atoms with E-state index in [0.717, 1.165) is 22.6 Å². The molecule has 0 bridgehead atoms. The van der Waals surface area contributed by atoms with Gasteiger partial charge in [-0.3, -0.25) is 9.80 Å². The summed E-state index contributed by atoms with van der Waals surface area (Å²) in [5.41, 5.74) is -1.50. The zero-order chi connectivity index (χ0) is 26.5. The Bertz CT molecular complexity index is 1250. The monoisotopic (exact) mass is 531 g/mol. The van der Waals surface area contributed by atoms with E-state index in [1.807, 2.05) is 25.1 Å². The van der Waals surface area contributed by atoms with Crippen molar-refractivity contribution >= 4 is 21.7 Å². The van der Waals surface area contributed by atoms with Gasteiger partial charge in [0.25, 0.3) is 0 Å². The van der Waals surface area contributed by atoms with Gasteiger partial charge >= 0.3 is 12.2 Å². The lowest BCUT2D eigenvalue weighted by Crippen LogP contribution is -2.54. The molecule has 2 fully saturated rings. The van der Waals surface area contributed by atoms with Crippen molar-refractivity contribution in [2.45, 2.75) is 49.5 Å². The molecule has 2 aliphatic rings. The molecule has 1 saturated heterocycles. The highest BCUT2D eigenvalue weighted by Crippen LogP contribution is 2.46. The molecule has 0 unspecified atom stereocenters. The van der Waals surface area contributed by atoms with E-state index in [1.165, 1.54) is 17.0 Å². The number of halogens is 4. The third-order valence-corrected chi connectivity index (χ3v) is 8.25. The minimum absolute atomic E-state index is 0.102. The number of anilines is 1. The van der Waals surface area contributed by atoms with Gasteiger partial charge in [-0.2, -0.15) is 18.3 Å². The minimum atomic E-state index is -4.75. The van der Waals surface area contributed by atoms with E-state index >= 15 is 0 Å². The average Bonchev–Trinajstić information content (AvgIpc) is 3.33. The Balaban J connectivity index is 1.60. The van der Waals surface area contributed by atoms with Gasteiger partial charge < -0.3 is 5.32 Å². The van der Waals surface area contributed by atoms with Gasteiger partial charge in [-0.1, -0.05) is 12.1 Å². The number of nitrogens with zero attached hydrogens (tertiary/aromatic N) is 4. The van der Waals surface area contributed by atoms with Gasteiger partial charge in [0.05, 0.1) is 24.4 Å². The molecule has 1 aliphatic carbocycles. The molecule has 1 aromatic heterocycles. The van der Waals surface area contributed by atoms with Crippen LogP contribution in [0.4, 0.5) is 28.2 Å². The first-order valence-corrected chi connectivity index (χ1v) is 13.6. The molecule has 1 aliphatic heterocycles. The molecule has 0 radical (unpaired) electrons. The number of hydrogen-bond donors (Lipinski definition) is 1. The molecule has 1 aromatic carbocycles. The summed E-state index contributed by atoms with van der Waals surface area (Å²) in [5, 5.41) is 6.51. The Morgan fingerprint density at radius 1 is 1.14 bits per heavy atom. The van der Waals surface area contributed by atoms with Crippen LogP contribution in [0, 0.1) is 5.82 Å². The second-order valence-corrected chi connectivity index (χ2v) is 12.2. The van der Waals surface area contributed by atoms with Crippen molar-refractivity contribution in [1.29, 1.82) is 0 Å². The summed E-state index contributed by atoms with van der Waals surface area (Å²) in [4.78, 5) is 16.2. The fraction of sp³-hybridized carbons (Fsp3) is 0.565. The lowest BCUT2D eigenvalue weighted by atomic mass is 9.69. The third kappa shape index (κ3) is 5.08. The molecule has 1 saturated carbocycles. The molecule has 13 heteroatoms. The predicted octanol–water partition coefficient (Wildman–Crippen LogP) is 3.39. The number of benzene rings is 1. The van der Waals surface area contributed by atoms with Crippen molar-refractivity contribution in [2.24, 2.45) is 0 Å². The van der Waals surface area contributed by atoms with Crippen LogP contribution in [0.1, 0.15) is 36.9 Å². The molecule has 2 amide bonds. The summed E-state index contributed by atoms with van der Waals surface area (Å²) in [5.74, 6) is -0.856. The summed E-state index contributed by atoms with van der Waals surface area (Å²) >= 11 is 0. The maximum Gasteiger partial charge on any atom is 0.435 e. The molecule has 1 spiro atoms. The zero-order valence-corrected chi connectivity index (χ0v) is 21.1. The molecule has 4 rings (SSSR count). The van der Waals surface area contributed by atoms with Crippen molar-refractivity contribution in [3.8, 4) is 0 Å². The first-order valence-electron chi connectivity index (χ1n) is 11.5. The van der Waals surface area contributed by atoms with Crippen LogP contribution < -0.4 is 10.2 Å². The standard InChI is InChI=1S/C23H29F4N5O3S/c1-30(2)22(16-5-4-6-17(24)13-16)9-7-21(8-10-22)15-31(20(33)28-21)19-14-18(23(25,26)27)29-32(19)11-12-36(3,34)35/h4-6,13-14H,7-12,15H2,1-3H3,(H,28,33)/t21-,22+. The normalized spacial score (nSPS) is 25.1. The van der Waals surface area contributed by atoms with Gasteiger partial charge in [-0.15, -0.1) is 0 Å². The highest BCUT2D eigenvalue weighted by Gasteiger charge is 2.51. The zero-order valence-electron chi connectivity index (χ0n) is 20.3. The summed E-state index contributed by atoms with van der Waals surface area (Å²) in [6, 6.07) is 6.65. The van der Waals surface area contributed by atoms with Crippen molar-refractivity contribution < 1.29 is 30.8 Å². The molecule has 0 atom stereocenters. The van der Waals surface area contributed by atoms with Crippen molar-refractivity contribution in [3.63, 3.8) is 0 Å². The second-order valence-electron chi connectivity index (χ2n) is 9.97. The van der Waals surface area contributed by atoms with Crippen LogP contribution in [-0.2, 0) is 28.1 Å². The SMILES string of the molecule is CN(C)[C@]1(c2cccc(F)c2)CC[C@]2(CC1)CN(c1cc(C(F)(F)F)nn1CCS(C)(=O)=O)C(=O)N2. The number of amides is 2. The third-order valence-electron chi connectivity index (χ3n) is 7.33. The smallest absolute Gasteiger partial charge is 0.330 e. The molecule has 8 nitrogen and oxygen atoms in total. The van der Waals surface area contributed by atoms with E-state index in [9.17, 15) is 30.8 Å². The molecule has 36 heavy (non-hydrogen) atoms. The number of aryl methyl sites for hydroxylation is 1. The Labute approximate surface area is 207 Å². The summed E-state index contributed by atoms with van der Waals surface area (Å²) in [6.07, 6.45) is -1.53. The number of urea groups is 1. The Kier molecular flexibility index (Phi) is 6.61. The fourth-order valence-electron chi connectivity index (χ4n) is 5.27. The minimum Gasteiger partial charge on any atom is -0.330 e. The topological polar surface area (TPSA) is 87.5 Å². The molecule has 1 N–H and O–H groups in total. The van der Waals surface area contributed by atoms with Crippen LogP contribution in [0.25, 0.3) is 0 Å². The van der Waals surface area contributed by atoms with Crippen LogP contribution in [0.2, 0.25) is 0 Å². The number of hydrogen-bond acceptors (Lipinski definition) is 5. The summed E-state index contributed by atoms with van der Waals surface area (Å²) in [6.45, 7) is -0.204. The molecule has 2 aromatic rings. The molecule has 198 valence electrons. The highest BCUT2D eigenvalue weighted by atomic mass is 32.2. The summed E-state index contributed by atoms with van der Waals surface area (Å²) < 4.78 is 78.3. The first-order chi connectivity index (χ1) is 16.6.